The Labute approximate surface area is 651 Å². The van der Waals surface area contributed by atoms with Gasteiger partial charge in [-0.25, -0.2) is 0 Å². The van der Waals surface area contributed by atoms with Gasteiger partial charge in [-0.1, -0.05) is 324 Å². The van der Waals surface area contributed by atoms with E-state index < -0.39 is 0 Å². The summed E-state index contributed by atoms with van der Waals surface area (Å²) in [4.78, 5) is 5.39. The predicted octanol–water partition coefficient (Wildman–Crippen LogP) is 27.3. The number of aromatic nitrogens is 2. The molecule has 2 aliphatic heterocycles. The lowest BCUT2D eigenvalue weighted by atomic mass is 9.33. The van der Waals surface area contributed by atoms with Gasteiger partial charge in [-0.3, -0.25) is 0 Å². The summed E-state index contributed by atoms with van der Waals surface area (Å²) < 4.78 is 5.16. The van der Waals surface area contributed by atoms with Crippen molar-refractivity contribution >= 4 is 101 Å². The van der Waals surface area contributed by atoms with Crippen LogP contribution in [0.5, 0.6) is 0 Å². The highest BCUT2D eigenvalue weighted by molar-refractivity contribution is 7.00. The zero-order valence-electron chi connectivity index (χ0n) is 69.4. The lowest BCUT2D eigenvalue weighted by Crippen LogP contribution is -2.61. The van der Waals surface area contributed by atoms with Crippen LogP contribution >= 0.6 is 0 Å². The molecule has 5 heteroatoms. The van der Waals surface area contributed by atoms with Gasteiger partial charge in [0.15, 0.2) is 0 Å². The summed E-state index contributed by atoms with van der Waals surface area (Å²) in [7, 11) is 0. The zero-order chi connectivity index (χ0) is 77.5. The van der Waals surface area contributed by atoms with Crippen LogP contribution in [-0.2, 0) is 43.3 Å². The molecule has 0 saturated heterocycles. The van der Waals surface area contributed by atoms with Crippen LogP contribution in [0.15, 0.2) is 237 Å². The Bertz CT molecular complexity index is 5840. The first-order valence-electron chi connectivity index (χ1n) is 39.9. The van der Waals surface area contributed by atoms with Crippen molar-refractivity contribution in [2.24, 2.45) is 0 Å². The number of anilines is 6. The molecule has 550 valence electrons. The molecule has 109 heavy (non-hydrogen) atoms. The quantitative estimate of drug-likeness (QED) is 0.148. The molecule has 14 aromatic rings. The molecule has 0 aliphatic carbocycles. The molecular weight excluding hydrogens is 1320 g/mol. The molecule has 0 unspecified atom stereocenters. The van der Waals surface area contributed by atoms with Crippen molar-refractivity contribution in [3.8, 4) is 44.8 Å². The third kappa shape index (κ3) is 12.8. The Balaban J connectivity index is 1.09. The molecule has 0 bridgehead atoms. The minimum atomic E-state index is -0.243. The van der Waals surface area contributed by atoms with E-state index in [-0.39, 0.29) is 50.0 Å². The number of hydrogen-bond donors (Lipinski definition) is 0. The third-order valence-electron chi connectivity index (χ3n) is 23.8. The zero-order valence-corrected chi connectivity index (χ0v) is 69.4. The Morgan fingerprint density at radius 3 is 0.972 bits per heavy atom. The summed E-state index contributed by atoms with van der Waals surface area (Å²) in [6, 6.07) is 93.8. The number of fused-ring (bicyclic) bond motifs is 11. The molecule has 4 heterocycles. The fourth-order valence-electron chi connectivity index (χ4n) is 17.1. The van der Waals surface area contributed by atoms with Crippen LogP contribution in [0.2, 0.25) is 0 Å². The van der Waals surface area contributed by atoms with Gasteiger partial charge in [-0.15, -0.1) is 0 Å². The predicted molar refractivity (Wildman–Crippen MR) is 475 cm³/mol. The van der Waals surface area contributed by atoms with Crippen molar-refractivity contribution in [2.75, 3.05) is 9.80 Å². The molecule has 0 amide bonds. The average molecular weight is 1430 g/mol. The lowest BCUT2D eigenvalue weighted by molar-refractivity contribution is 0.567. The van der Waals surface area contributed by atoms with Gasteiger partial charge in [0.25, 0.3) is 6.71 Å². The van der Waals surface area contributed by atoms with Crippen LogP contribution in [0.3, 0.4) is 0 Å². The van der Waals surface area contributed by atoms with Crippen molar-refractivity contribution in [1.82, 2.24) is 9.13 Å². The molecule has 2 aliphatic rings. The highest BCUT2D eigenvalue weighted by Gasteiger charge is 2.46. The normalized spacial score (nSPS) is 13.8. The topological polar surface area (TPSA) is 16.3 Å². The molecule has 0 N–H and O–H groups in total. The Hall–Kier alpha value is -10.1. The highest BCUT2D eigenvalue weighted by atomic mass is 15.2. The second kappa shape index (κ2) is 25.2. The Morgan fingerprint density at radius 2 is 0.560 bits per heavy atom. The second-order valence-electron chi connectivity index (χ2n) is 40.2. The van der Waals surface area contributed by atoms with Crippen LogP contribution in [0.4, 0.5) is 34.1 Å². The van der Waals surface area contributed by atoms with Gasteiger partial charge in [0.1, 0.15) is 0 Å². The fraction of sp³-hybridized carbons (Fsp3) is 0.308. The maximum Gasteiger partial charge on any atom is 0.252 e. The van der Waals surface area contributed by atoms with Gasteiger partial charge in [-0.05, 0) is 216 Å². The Morgan fingerprint density at radius 1 is 0.220 bits per heavy atom. The van der Waals surface area contributed by atoms with Gasteiger partial charge in [0, 0.05) is 55.7 Å². The van der Waals surface area contributed by atoms with Crippen molar-refractivity contribution in [2.45, 2.75) is 209 Å². The summed E-state index contributed by atoms with van der Waals surface area (Å²) in [6.07, 6.45) is 0. The SMILES string of the molecule is CC(C)(C)c1cc(-c2cccc(N3c4ccc(-c5cc(C(C)(C)C)cc(C(C)(C)C)c5)cc4B4c5ccc6c(c5N(c5cccc(-c7cc(C(C)(C)C)cc(C(C)(C)C)c7)c5)c5cc(-n7c8ccccc8c8ccccc87)cc3c54)c3ccccc3n6-c3cc(C(C)(C)C)cc(C(C)(C)C)c3)c2)cc(C(C)(C)C)c1. The van der Waals surface area contributed by atoms with Gasteiger partial charge in [0.2, 0.25) is 0 Å². The summed E-state index contributed by atoms with van der Waals surface area (Å²) >= 11 is 0. The first-order valence-corrected chi connectivity index (χ1v) is 39.9. The maximum absolute atomic E-state index is 2.73. The third-order valence-corrected chi connectivity index (χ3v) is 23.8. The van der Waals surface area contributed by atoms with E-state index in [1.165, 1.54) is 138 Å². The van der Waals surface area contributed by atoms with Crippen molar-refractivity contribution in [3.05, 3.63) is 281 Å². The molecule has 0 spiro atoms. The minimum Gasteiger partial charge on any atom is -0.311 e. The number of hydrogen-bond acceptors (Lipinski definition) is 2. The van der Waals surface area contributed by atoms with Crippen LogP contribution in [0.1, 0.15) is 211 Å². The van der Waals surface area contributed by atoms with E-state index in [2.05, 4.69) is 422 Å². The molecule has 2 aromatic heterocycles. The van der Waals surface area contributed by atoms with Crippen LogP contribution < -0.4 is 26.2 Å². The van der Waals surface area contributed by atoms with E-state index in [0.717, 1.165) is 45.2 Å². The number of rotatable bonds is 7. The van der Waals surface area contributed by atoms with E-state index in [4.69, 9.17) is 0 Å². The molecule has 0 atom stereocenters. The summed E-state index contributed by atoms with van der Waals surface area (Å²) in [5, 5.41) is 4.89. The molecule has 4 nitrogen and oxygen atoms in total. The standard InChI is InChI=1S/C104H111BN4/c1-97(2,3)70-47-67(48-71(56-70)98(4,5)6)64-33-31-35-78(53-64)106-90-45-43-66(69-51-74(101(13,14)15)58-75(52-69)102(16,17)18)55-86(90)105-85-44-46-91-94(84-39-27-30-42-89(84)108(91)80-60-76(103(19,20)21)59-77(61-80)104(22,23)24)96(85)109(79-36-32-34-65(54-79)68-49-72(99(7,8)9)57-73(50-68)100(10,11)12)93-63-81(62-92(106)95(93)105)107-87-40-28-25-37-82(87)83-38-26-29-41-88(83)107/h25-63H,1-24H3. The number of benzene rings is 12. The largest absolute Gasteiger partial charge is 0.311 e. The Kier molecular flexibility index (Phi) is 16.9. The van der Waals surface area contributed by atoms with Gasteiger partial charge < -0.3 is 18.9 Å². The lowest BCUT2D eigenvalue weighted by Gasteiger charge is -2.45. The van der Waals surface area contributed by atoms with Gasteiger partial charge in [-0.2, -0.15) is 0 Å². The van der Waals surface area contributed by atoms with E-state index in [1.54, 1.807) is 0 Å². The van der Waals surface area contributed by atoms with E-state index >= 15 is 0 Å². The highest BCUT2D eigenvalue weighted by Crippen LogP contribution is 2.52. The molecule has 12 aromatic carbocycles. The van der Waals surface area contributed by atoms with Crippen LogP contribution in [-0.4, -0.2) is 15.8 Å². The summed E-state index contributed by atoms with van der Waals surface area (Å²) in [5.41, 5.74) is 34.8. The average Bonchev–Trinajstić information content (AvgIpc) is 1.67. The van der Waals surface area contributed by atoms with Crippen LogP contribution in [0, 0.1) is 0 Å². The fourth-order valence-corrected chi connectivity index (χ4v) is 17.1. The van der Waals surface area contributed by atoms with E-state index in [1.807, 2.05) is 0 Å². The van der Waals surface area contributed by atoms with Crippen molar-refractivity contribution in [1.29, 1.82) is 0 Å². The van der Waals surface area contributed by atoms with Gasteiger partial charge >= 0.3 is 0 Å². The smallest absolute Gasteiger partial charge is 0.252 e. The van der Waals surface area contributed by atoms with Crippen molar-refractivity contribution < 1.29 is 0 Å². The monoisotopic (exact) mass is 1430 g/mol. The first kappa shape index (κ1) is 73.1. The molecule has 0 fully saturated rings. The van der Waals surface area contributed by atoms with Crippen LogP contribution in [0.25, 0.3) is 88.4 Å². The van der Waals surface area contributed by atoms with E-state index in [0.29, 0.717) is 0 Å². The number of nitrogens with zero attached hydrogens (tertiary/aromatic N) is 4. The van der Waals surface area contributed by atoms with Gasteiger partial charge in [0.05, 0.1) is 33.4 Å². The molecule has 16 rings (SSSR count). The molecule has 0 radical (unpaired) electrons. The number of para-hydroxylation sites is 3. The first-order chi connectivity index (χ1) is 51.1. The molecule has 0 saturated carbocycles. The van der Waals surface area contributed by atoms with E-state index in [9.17, 15) is 0 Å². The second-order valence-corrected chi connectivity index (χ2v) is 40.2. The molecular formula is C104H111BN4. The maximum atomic E-state index is 2.73. The summed E-state index contributed by atoms with van der Waals surface area (Å²) in [6.45, 7) is 56.3. The summed E-state index contributed by atoms with van der Waals surface area (Å²) in [5.74, 6) is 0. The van der Waals surface area contributed by atoms with Crippen molar-refractivity contribution in [3.63, 3.8) is 0 Å². The minimum absolute atomic E-state index is 0.0698.